The van der Waals surface area contributed by atoms with Crippen LogP contribution in [0.4, 0.5) is 0 Å². The average molecular weight is 947 g/mol. The van der Waals surface area contributed by atoms with E-state index in [1.54, 1.807) is 0 Å². The fourth-order valence-electron chi connectivity index (χ4n) is 4.88. The number of esters is 1. The Balaban J connectivity index is 4.30. The van der Waals surface area contributed by atoms with E-state index in [0.29, 0.717) is 79.3 Å². The maximum atomic E-state index is 12.4. The van der Waals surface area contributed by atoms with Crippen molar-refractivity contribution in [1.82, 2.24) is 10.6 Å². The Bertz CT molecular complexity index is 937. The Labute approximate surface area is 388 Å². The summed E-state index contributed by atoms with van der Waals surface area (Å²) in [5.74, 6) is -1.12. The highest BCUT2D eigenvalue weighted by atomic mass is 16.6. The van der Waals surface area contributed by atoms with Crippen LogP contribution in [0.15, 0.2) is 0 Å². The summed E-state index contributed by atoms with van der Waals surface area (Å²) in [6.07, 6.45) is 2.34. The minimum atomic E-state index is -0.556. The van der Waals surface area contributed by atoms with Crippen LogP contribution >= 0.6 is 0 Å². The predicted octanol–water partition coefficient (Wildman–Crippen LogP) is 1.39. The van der Waals surface area contributed by atoms with Gasteiger partial charge < -0.3 is 86.4 Å². The lowest BCUT2D eigenvalue weighted by atomic mass is 10.4. The third-order valence-electron chi connectivity index (χ3n) is 8.15. The highest BCUT2D eigenvalue weighted by Gasteiger charge is 2.16. The van der Waals surface area contributed by atoms with Crippen molar-refractivity contribution in [2.24, 2.45) is 0 Å². The first-order valence-electron chi connectivity index (χ1n) is 23.3. The molecule has 0 aromatic heterocycles. The molecule has 0 fully saturated rings. The molecule has 0 radical (unpaired) electrons. The van der Waals surface area contributed by atoms with Crippen LogP contribution in [-0.2, 0) is 90.2 Å². The molecule has 0 aromatic rings. The van der Waals surface area contributed by atoms with Crippen molar-refractivity contribution in [3.05, 3.63) is 0 Å². The monoisotopic (exact) mass is 947 g/mol. The van der Waals surface area contributed by atoms with Gasteiger partial charge in [0.2, 0.25) is 11.8 Å². The van der Waals surface area contributed by atoms with Crippen LogP contribution in [0.1, 0.15) is 53.4 Å². The van der Waals surface area contributed by atoms with Crippen molar-refractivity contribution in [3.63, 3.8) is 0 Å². The Kier molecular flexibility index (Phi) is 49.5. The molecule has 21 heteroatoms. The molecule has 2 amide bonds. The lowest BCUT2D eigenvalue weighted by Crippen LogP contribution is -2.35. The SMILES string of the molecule is CCCOCCOCC(COCCOCCC)OCC(=O)NCCOCCOCC(COCCOCCNC(=O)COC(COCCOCCC)COCCOCCC)OCC(=O)OC. The average Bonchev–Trinajstić information content (AvgIpc) is 3.31. The zero-order chi connectivity index (χ0) is 47.5. The van der Waals surface area contributed by atoms with Gasteiger partial charge in [0.15, 0.2) is 0 Å². The Morgan fingerprint density at radius 2 is 0.585 bits per heavy atom. The molecule has 0 spiro atoms. The van der Waals surface area contributed by atoms with Crippen LogP contribution in [0.2, 0.25) is 0 Å². The highest BCUT2D eigenvalue weighted by Crippen LogP contribution is 2.00. The molecule has 0 aliphatic carbocycles. The summed E-state index contributed by atoms with van der Waals surface area (Å²) in [4.78, 5) is 36.4. The van der Waals surface area contributed by atoms with E-state index in [4.69, 9.17) is 71.1 Å². The predicted molar refractivity (Wildman–Crippen MR) is 238 cm³/mol. The first-order valence-corrected chi connectivity index (χ1v) is 23.3. The molecule has 0 heterocycles. The molecule has 0 aliphatic heterocycles. The molecule has 65 heavy (non-hydrogen) atoms. The van der Waals surface area contributed by atoms with Gasteiger partial charge >= 0.3 is 5.97 Å². The zero-order valence-corrected chi connectivity index (χ0v) is 40.3. The highest BCUT2D eigenvalue weighted by molar-refractivity contribution is 5.77. The van der Waals surface area contributed by atoms with Gasteiger partial charge in [0.1, 0.15) is 38.1 Å². The topological polar surface area (TPSA) is 223 Å². The maximum Gasteiger partial charge on any atom is 0.331 e. The van der Waals surface area contributed by atoms with E-state index < -0.39 is 24.3 Å². The third-order valence-corrected chi connectivity index (χ3v) is 8.15. The second-order valence-electron chi connectivity index (χ2n) is 14.2. The van der Waals surface area contributed by atoms with Crippen LogP contribution in [0, 0.1) is 0 Å². The number of hydrogen-bond acceptors (Lipinski definition) is 19. The van der Waals surface area contributed by atoms with Crippen molar-refractivity contribution >= 4 is 17.8 Å². The third kappa shape index (κ3) is 46.7. The maximum absolute atomic E-state index is 12.4. The van der Waals surface area contributed by atoms with Crippen LogP contribution in [0.25, 0.3) is 0 Å². The number of methoxy groups -OCH3 is 1. The van der Waals surface area contributed by atoms with Crippen LogP contribution in [0.5, 0.6) is 0 Å². The van der Waals surface area contributed by atoms with E-state index in [1.807, 2.05) is 27.7 Å². The van der Waals surface area contributed by atoms with Gasteiger partial charge in [-0.2, -0.15) is 0 Å². The smallest absolute Gasteiger partial charge is 0.331 e. The molecule has 0 aliphatic rings. The number of carbonyl (C=O) groups excluding carboxylic acids is 3. The molecular formula is C44H86N2O19. The quantitative estimate of drug-likeness (QED) is 0.0650. The largest absolute Gasteiger partial charge is 0.467 e. The van der Waals surface area contributed by atoms with Gasteiger partial charge in [0, 0.05) is 39.5 Å². The molecule has 386 valence electrons. The number of nitrogens with one attached hydrogen (secondary N) is 2. The van der Waals surface area contributed by atoms with Gasteiger partial charge in [-0.25, -0.2) is 4.79 Å². The van der Waals surface area contributed by atoms with Gasteiger partial charge in [-0.05, 0) is 25.7 Å². The first kappa shape index (κ1) is 62.8. The van der Waals surface area contributed by atoms with Gasteiger partial charge in [-0.1, -0.05) is 27.7 Å². The minimum absolute atomic E-state index is 0.134. The molecule has 0 unspecified atom stereocenters. The summed E-state index contributed by atoms with van der Waals surface area (Å²) in [6.45, 7) is 17.4. The molecule has 0 rings (SSSR count). The number of hydrogen-bond donors (Lipinski definition) is 2. The Morgan fingerprint density at radius 1 is 0.338 bits per heavy atom. The molecule has 0 atom stereocenters. The summed E-state index contributed by atoms with van der Waals surface area (Å²) >= 11 is 0. The van der Waals surface area contributed by atoms with E-state index in [1.165, 1.54) is 7.11 Å². The van der Waals surface area contributed by atoms with Gasteiger partial charge in [-0.15, -0.1) is 0 Å². The molecule has 0 saturated heterocycles. The number of carbonyl (C=O) groups is 3. The molecule has 0 aromatic carbocycles. The Morgan fingerprint density at radius 3 is 0.846 bits per heavy atom. The van der Waals surface area contributed by atoms with E-state index in [9.17, 15) is 14.4 Å². The molecule has 0 bridgehead atoms. The fraction of sp³-hybridized carbons (Fsp3) is 0.932. The molecule has 21 nitrogen and oxygen atoms in total. The standard InChI is InChI=1S/C44H86N2O19/c1-6-12-51-18-24-57-30-39(31-58-25-19-52-13-7-2)63-36-42(47)45-10-16-55-22-28-61-34-41(65-38-44(49)50-5)35-62-29-23-56-17-11-46-43(48)37-64-40(32-59-26-20-53-14-8-3)33-60-27-21-54-15-9-4/h39-41H,6-38H2,1-5H3,(H,45,47)(H,46,48). The summed E-state index contributed by atoms with van der Waals surface area (Å²) in [7, 11) is 1.27. The fourth-order valence-corrected chi connectivity index (χ4v) is 4.88. The van der Waals surface area contributed by atoms with Crippen molar-refractivity contribution < 1.29 is 90.2 Å². The lowest BCUT2D eigenvalue weighted by molar-refractivity contribution is -0.151. The summed E-state index contributed by atoms with van der Waals surface area (Å²) in [6, 6.07) is 0. The zero-order valence-electron chi connectivity index (χ0n) is 40.3. The first-order chi connectivity index (χ1) is 31.9. The van der Waals surface area contributed by atoms with Crippen molar-refractivity contribution in [1.29, 1.82) is 0 Å². The number of amides is 2. The molecular weight excluding hydrogens is 860 g/mol. The van der Waals surface area contributed by atoms with E-state index >= 15 is 0 Å². The second kappa shape index (κ2) is 51.2. The van der Waals surface area contributed by atoms with Crippen molar-refractivity contribution in [2.45, 2.75) is 71.7 Å². The minimum Gasteiger partial charge on any atom is -0.467 e. The molecule has 2 N–H and O–H groups in total. The van der Waals surface area contributed by atoms with Gasteiger partial charge in [0.25, 0.3) is 0 Å². The van der Waals surface area contributed by atoms with E-state index in [-0.39, 0.29) is 124 Å². The van der Waals surface area contributed by atoms with Crippen molar-refractivity contribution in [3.8, 4) is 0 Å². The van der Waals surface area contributed by atoms with Gasteiger partial charge in [-0.3, -0.25) is 9.59 Å². The normalized spacial score (nSPS) is 11.6. The van der Waals surface area contributed by atoms with E-state index in [0.717, 1.165) is 25.7 Å². The Hall–Kier alpha value is -2.19. The number of rotatable bonds is 53. The summed E-state index contributed by atoms with van der Waals surface area (Å²) in [5.41, 5.74) is 0. The van der Waals surface area contributed by atoms with E-state index in [2.05, 4.69) is 15.4 Å². The second-order valence-corrected chi connectivity index (χ2v) is 14.2. The summed E-state index contributed by atoms with van der Waals surface area (Å²) in [5, 5.41) is 5.52. The van der Waals surface area contributed by atoms with Crippen LogP contribution in [0.3, 0.4) is 0 Å². The number of ether oxygens (including phenoxy) is 16. The van der Waals surface area contributed by atoms with Crippen LogP contribution < -0.4 is 10.6 Å². The molecule has 0 saturated carbocycles. The lowest BCUT2D eigenvalue weighted by Gasteiger charge is -2.18. The van der Waals surface area contributed by atoms with Crippen molar-refractivity contribution in [2.75, 3.05) is 199 Å². The van der Waals surface area contributed by atoms with Gasteiger partial charge in [0.05, 0.1) is 139 Å². The summed E-state index contributed by atoms with van der Waals surface area (Å²) < 4.78 is 88.7. The van der Waals surface area contributed by atoms with Crippen LogP contribution in [-0.4, -0.2) is 235 Å².